The van der Waals surface area contributed by atoms with Gasteiger partial charge in [-0.25, -0.2) is 0 Å². The molecule has 2 aliphatic rings. The number of piperazine rings is 1. The van der Waals surface area contributed by atoms with E-state index in [1.165, 1.54) is 5.56 Å². The Morgan fingerprint density at radius 2 is 1.80 bits per heavy atom. The van der Waals surface area contributed by atoms with Crippen molar-refractivity contribution in [2.45, 2.75) is 19.4 Å². The molecule has 6 heteroatoms. The molecule has 2 aliphatic heterocycles. The van der Waals surface area contributed by atoms with E-state index in [9.17, 15) is 9.59 Å². The van der Waals surface area contributed by atoms with Gasteiger partial charge in [-0.2, -0.15) is 0 Å². The number of para-hydroxylation sites is 3. The van der Waals surface area contributed by atoms with Gasteiger partial charge in [-0.1, -0.05) is 24.3 Å². The van der Waals surface area contributed by atoms with Crippen LogP contribution in [0.25, 0.3) is 10.9 Å². The van der Waals surface area contributed by atoms with Crippen molar-refractivity contribution in [1.29, 1.82) is 0 Å². The van der Waals surface area contributed by atoms with E-state index in [1.54, 1.807) is 18.2 Å². The average Bonchev–Trinajstić information content (AvgIpc) is 3.11. The van der Waals surface area contributed by atoms with Crippen molar-refractivity contribution in [1.82, 2.24) is 9.47 Å². The van der Waals surface area contributed by atoms with E-state index in [4.69, 9.17) is 4.74 Å². The average molecular weight is 403 g/mol. The molecule has 1 aromatic heterocycles. The first-order chi connectivity index (χ1) is 14.6. The first kappa shape index (κ1) is 18.7. The highest BCUT2D eigenvalue weighted by atomic mass is 16.5. The van der Waals surface area contributed by atoms with Gasteiger partial charge in [-0.05, 0) is 37.1 Å². The van der Waals surface area contributed by atoms with Crippen LogP contribution in [-0.2, 0) is 6.42 Å². The van der Waals surface area contributed by atoms with Crippen LogP contribution in [0.2, 0.25) is 0 Å². The van der Waals surface area contributed by atoms with Crippen molar-refractivity contribution in [3.63, 3.8) is 0 Å². The molecule has 0 spiro atoms. The second-order valence-electron chi connectivity index (χ2n) is 8.10. The molecular weight excluding hydrogens is 378 g/mol. The molecule has 6 nitrogen and oxygen atoms in total. The summed E-state index contributed by atoms with van der Waals surface area (Å²) in [6.07, 6.45) is 2.67. The normalized spacial score (nSPS) is 18.1. The molecule has 154 valence electrons. The molecule has 1 fully saturated rings. The third-order valence-corrected chi connectivity index (χ3v) is 6.35. The Kier molecular flexibility index (Phi) is 4.50. The second-order valence-corrected chi connectivity index (χ2v) is 8.10. The monoisotopic (exact) mass is 403 g/mol. The standard InChI is InChI=1S/C24H25N3O3/c1-16-14-17-6-5-7-18-22(17)27(16)15-19(23(18)28)24(29)26-12-10-25(11-13-26)20-8-3-4-9-21(20)30-2/h3-9,15-16H,10-14H2,1-2H3/t16-/m1/s1. The molecule has 1 amide bonds. The Morgan fingerprint density at radius 1 is 1.03 bits per heavy atom. The molecule has 0 radical (unpaired) electrons. The van der Waals surface area contributed by atoms with Gasteiger partial charge in [0.1, 0.15) is 11.3 Å². The van der Waals surface area contributed by atoms with Crippen LogP contribution >= 0.6 is 0 Å². The largest absolute Gasteiger partial charge is 0.495 e. The summed E-state index contributed by atoms with van der Waals surface area (Å²) in [4.78, 5) is 30.4. The molecule has 1 atom stereocenters. The molecule has 0 saturated carbocycles. The first-order valence-electron chi connectivity index (χ1n) is 10.4. The number of hydrogen-bond acceptors (Lipinski definition) is 4. The minimum absolute atomic E-state index is 0.158. The van der Waals surface area contributed by atoms with E-state index in [0.717, 1.165) is 23.4 Å². The second kappa shape index (κ2) is 7.20. The number of benzene rings is 2. The van der Waals surface area contributed by atoms with Crippen LogP contribution in [0.3, 0.4) is 0 Å². The summed E-state index contributed by atoms with van der Waals surface area (Å²) in [5.74, 6) is 0.660. The summed E-state index contributed by atoms with van der Waals surface area (Å²) < 4.78 is 7.57. The molecule has 3 aromatic rings. The minimum atomic E-state index is -0.171. The van der Waals surface area contributed by atoms with Crippen molar-refractivity contribution in [2.24, 2.45) is 0 Å². The van der Waals surface area contributed by atoms with Gasteiger partial charge < -0.3 is 19.1 Å². The predicted molar refractivity (Wildman–Crippen MR) is 118 cm³/mol. The lowest BCUT2D eigenvalue weighted by atomic mass is 10.1. The lowest BCUT2D eigenvalue weighted by Gasteiger charge is -2.36. The fourth-order valence-corrected chi connectivity index (χ4v) is 4.78. The zero-order valence-electron chi connectivity index (χ0n) is 17.3. The SMILES string of the molecule is COc1ccccc1N1CCN(C(=O)c2cn3c4c(cccc4c2=O)C[C@H]3C)CC1. The molecule has 1 saturated heterocycles. The molecule has 0 N–H and O–H groups in total. The number of carbonyl (C=O) groups excluding carboxylic acids is 1. The van der Waals surface area contributed by atoms with Gasteiger partial charge in [0.05, 0.1) is 18.3 Å². The highest BCUT2D eigenvalue weighted by Crippen LogP contribution is 2.31. The van der Waals surface area contributed by atoms with Crippen LogP contribution in [-0.4, -0.2) is 48.7 Å². The number of ether oxygens (including phenoxy) is 1. The number of pyridine rings is 1. The fraction of sp³-hybridized carbons (Fsp3) is 0.333. The number of methoxy groups -OCH3 is 1. The van der Waals surface area contributed by atoms with E-state index in [2.05, 4.69) is 22.5 Å². The molecule has 2 aromatic carbocycles. The summed E-state index contributed by atoms with van der Waals surface area (Å²) in [7, 11) is 1.67. The maximum Gasteiger partial charge on any atom is 0.259 e. The topological polar surface area (TPSA) is 54.8 Å². The van der Waals surface area contributed by atoms with Crippen molar-refractivity contribution >= 4 is 22.5 Å². The Labute approximate surface area is 175 Å². The Hall–Kier alpha value is -3.28. The number of carbonyl (C=O) groups is 1. The summed E-state index contributed by atoms with van der Waals surface area (Å²) in [5.41, 5.74) is 3.31. The maximum absolute atomic E-state index is 13.3. The van der Waals surface area contributed by atoms with Crippen LogP contribution in [0.4, 0.5) is 5.69 Å². The number of amides is 1. The summed E-state index contributed by atoms with van der Waals surface area (Å²) >= 11 is 0. The lowest BCUT2D eigenvalue weighted by Crippen LogP contribution is -2.49. The van der Waals surface area contributed by atoms with Gasteiger partial charge in [0.2, 0.25) is 5.43 Å². The van der Waals surface area contributed by atoms with E-state index >= 15 is 0 Å². The summed E-state index contributed by atoms with van der Waals surface area (Å²) in [6.45, 7) is 4.68. The number of anilines is 1. The van der Waals surface area contributed by atoms with Crippen LogP contribution in [0.1, 0.15) is 28.9 Å². The molecule has 0 bridgehead atoms. The number of hydrogen-bond donors (Lipinski definition) is 0. The van der Waals surface area contributed by atoms with E-state index in [1.807, 2.05) is 36.4 Å². The van der Waals surface area contributed by atoms with Crippen LogP contribution in [0.5, 0.6) is 5.75 Å². The van der Waals surface area contributed by atoms with Crippen molar-refractivity contribution < 1.29 is 9.53 Å². The van der Waals surface area contributed by atoms with E-state index in [0.29, 0.717) is 31.6 Å². The zero-order chi connectivity index (χ0) is 20.8. The summed E-state index contributed by atoms with van der Waals surface area (Å²) in [5, 5.41) is 0.648. The zero-order valence-corrected chi connectivity index (χ0v) is 17.3. The van der Waals surface area contributed by atoms with E-state index in [-0.39, 0.29) is 22.9 Å². The van der Waals surface area contributed by atoms with Crippen LogP contribution in [0.15, 0.2) is 53.5 Å². The molecule has 5 rings (SSSR count). The summed E-state index contributed by atoms with van der Waals surface area (Å²) in [6, 6.07) is 14.0. The van der Waals surface area contributed by atoms with Gasteiger partial charge in [-0.15, -0.1) is 0 Å². The van der Waals surface area contributed by atoms with Gasteiger partial charge in [0, 0.05) is 43.8 Å². The number of rotatable bonds is 3. The van der Waals surface area contributed by atoms with Gasteiger partial charge in [0.15, 0.2) is 0 Å². The van der Waals surface area contributed by atoms with Crippen LogP contribution < -0.4 is 15.1 Å². The molecule has 0 aliphatic carbocycles. The molecule has 0 unspecified atom stereocenters. The van der Waals surface area contributed by atoms with Crippen molar-refractivity contribution in [3.8, 4) is 5.75 Å². The Morgan fingerprint density at radius 3 is 2.57 bits per heavy atom. The first-order valence-corrected chi connectivity index (χ1v) is 10.4. The quantitative estimate of drug-likeness (QED) is 0.674. The highest BCUT2D eigenvalue weighted by molar-refractivity contribution is 5.98. The molecular formula is C24H25N3O3. The highest BCUT2D eigenvalue weighted by Gasteiger charge is 2.28. The Bertz CT molecular complexity index is 1190. The minimum Gasteiger partial charge on any atom is -0.495 e. The lowest BCUT2D eigenvalue weighted by molar-refractivity contribution is 0.0744. The Balaban J connectivity index is 1.41. The third-order valence-electron chi connectivity index (χ3n) is 6.35. The van der Waals surface area contributed by atoms with Crippen LogP contribution in [0, 0.1) is 0 Å². The van der Waals surface area contributed by atoms with Gasteiger partial charge >= 0.3 is 0 Å². The van der Waals surface area contributed by atoms with Gasteiger partial charge in [-0.3, -0.25) is 9.59 Å². The third kappa shape index (κ3) is 2.86. The van der Waals surface area contributed by atoms with Crippen molar-refractivity contribution in [2.75, 3.05) is 38.2 Å². The van der Waals surface area contributed by atoms with Gasteiger partial charge in [0.25, 0.3) is 5.91 Å². The van der Waals surface area contributed by atoms with Crippen molar-refractivity contribution in [3.05, 3.63) is 70.0 Å². The maximum atomic E-state index is 13.3. The predicted octanol–water partition coefficient (Wildman–Crippen LogP) is 3.09. The molecule has 30 heavy (non-hydrogen) atoms. The number of nitrogens with zero attached hydrogens (tertiary/aromatic N) is 3. The molecule has 3 heterocycles. The number of aromatic nitrogens is 1. The smallest absolute Gasteiger partial charge is 0.259 e. The fourth-order valence-electron chi connectivity index (χ4n) is 4.78. The van der Waals surface area contributed by atoms with E-state index < -0.39 is 0 Å².